The molecular formula is C19H17FN2O6S. The van der Waals surface area contributed by atoms with Crippen LogP contribution in [0, 0.1) is 5.82 Å². The number of benzene rings is 2. The lowest BCUT2D eigenvalue weighted by atomic mass is 9.94. The fourth-order valence-corrected chi connectivity index (χ4v) is 3.33. The Morgan fingerprint density at radius 1 is 1.24 bits per heavy atom. The molecule has 3 N–H and O–H groups in total. The standard InChI is InChI=1S/C19H17FN2O6S/c1-27-18-7-4-12(8-16(18)20)17-10-13(28-22-17)9-15(19(23)24)11-2-5-14(6-3-11)29(21,25)26/h2-8,10,15H,9H2,1H3,(H,23,24)(H2,21,25,26). The van der Waals surface area contributed by atoms with Crippen LogP contribution in [0.4, 0.5) is 4.39 Å². The summed E-state index contributed by atoms with van der Waals surface area (Å²) in [5.74, 6) is -2.32. The van der Waals surface area contributed by atoms with Gasteiger partial charge >= 0.3 is 5.97 Å². The van der Waals surface area contributed by atoms with Crippen molar-refractivity contribution in [3.8, 4) is 17.0 Å². The summed E-state index contributed by atoms with van der Waals surface area (Å²) in [5, 5.41) is 18.5. The van der Waals surface area contributed by atoms with Gasteiger partial charge in [0.25, 0.3) is 0 Å². The minimum absolute atomic E-state index is 0.0321. The molecule has 1 unspecified atom stereocenters. The highest BCUT2D eigenvalue weighted by atomic mass is 32.2. The van der Waals surface area contributed by atoms with E-state index >= 15 is 0 Å². The predicted octanol–water partition coefficient (Wildman–Crippen LogP) is 2.55. The number of aliphatic carboxylic acids is 1. The number of carbonyl (C=O) groups is 1. The maximum atomic E-state index is 13.9. The Labute approximate surface area is 165 Å². The van der Waals surface area contributed by atoms with Crippen LogP contribution in [0.2, 0.25) is 0 Å². The van der Waals surface area contributed by atoms with Crippen molar-refractivity contribution in [2.24, 2.45) is 5.14 Å². The molecule has 8 nitrogen and oxygen atoms in total. The topological polar surface area (TPSA) is 133 Å². The number of sulfonamides is 1. The summed E-state index contributed by atoms with van der Waals surface area (Å²) in [6.45, 7) is 0. The molecule has 0 radical (unpaired) electrons. The molecule has 0 fully saturated rings. The molecule has 1 heterocycles. The van der Waals surface area contributed by atoms with Crippen LogP contribution in [0.5, 0.6) is 5.75 Å². The number of hydrogen-bond acceptors (Lipinski definition) is 6. The number of carboxylic acid groups (broad SMARTS) is 1. The van der Waals surface area contributed by atoms with Crippen LogP contribution in [-0.2, 0) is 21.2 Å². The van der Waals surface area contributed by atoms with Crippen LogP contribution in [0.3, 0.4) is 0 Å². The van der Waals surface area contributed by atoms with Gasteiger partial charge in [0, 0.05) is 18.1 Å². The van der Waals surface area contributed by atoms with E-state index in [-0.39, 0.29) is 22.8 Å². The second-order valence-electron chi connectivity index (χ2n) is 6.24. The summed E-state index contributed by atoms with van der Waals surface area (Å²) in [7, 11) is -2.52. The Morgan fingerprint density at radius 2 is 1.93 bits per heavy atom. The molecule has 10 heteroatoms. The highest BCUT2D eigenvalue weighted by molar-refractivity contribution is 7.89. The number of aromatic nitrogens is 1. The average molecular weight is 420 g/mol. The molecule has 0 aliphatic carbocycles. The third kappa shape index (κ3) is 4.61. The van der Waals surface area contributed by atoms with E-state index < -0.39 is 27.7 Å². The minimum atomic E-state index is -3.88. The largest absolute Gasteiger partial charge is 0.494 e. The van der Waals surface area contributed by atoms with E-state index in [2.05, 4.69) is 5.16 Å². The number of nitrogens with two attached hydrogens (primary N) is 1. The summed E-state index contributed by atoms with van der Waals surface area (Å²) in [6, 6.07) is 11.1. The van der Waals surface area contributed by atoms with E-state index in [1.165, 1.54) is 49.6 Å². The number of hydrogen-bond donors (Lipinski definition) is 2. The zero-order valence-electron chi connectivity index (χ0n) is 15.2. The highest BCUT2D eigenvalue weighted by Gasteiger charge is 2.23. The fraction of sp³-hybridized carbons (Fsp3) is 0.158. The zero-order chi connectivity index (χ0) is 21.2. The molecule has 0 spiro atoms. The third-order valence-electron chi connectivity index (χ3n) is 4.32. The lowest BCUT2D eigenvalue weighted by molar-refractivity contribution is -0.138. The molecule has 152 valence electrons. The Hall–Kier alpha value is -3.24. The Bertz CT molecular complexity index is 1140. The van der Waals surface area contributed by atoms with Crippen LogP contribution >= 0.6 is 0 Å². The van der Waals surface area contributed by atoms with Gasteiger partial charge in [-0.25, -0.2) is 17.9 Å². The van der Waals surface area contributed by atoms with Crippen LogP contribution in [0.25, 0.3) is 11.3 Å². The summed E-state index contributed by atoms with van der Waals surface area (Å²) in [4.78, 5) is 11.6. The molecule has 0 saturated heterocycles. The number of nitrogens with zero attached hydrogens (tertiary/aromatic N) is 1. The van der Waals surface area contributed by atoms with Gasteiger partial charge in [-0.05, 0) is 35.9 Å². The number of rotatable bonds is 7. The molecule has 0 aliphatic rings. The smallest absolute Gasteiger partial charge is 0.311 e. The molecule has 0 amide bonds. The maximum absolute atomic E-state index is 13.9. The van der Waals surface area contributed by atoms with Crippen LogP contribution in [0.15, 0.2) is 57.9 Å². The first kappa shape index (κ1) is 20.5. The van der Waals surface area contributed by atoms with Crippen molar-refractivity contribution in [2.75, 3.05) is 7.11 Å². The normalized spacial score (nSPS) is 12.5. The molecule has 3 rings (SSSR count). The second-order valence-corrected chi connectivity index (χ2v) is 7.80. The quantitative estimate of drug-likeness (QED) is 0.600. The molecule has 1 atom stereocenters. The lowest BCUT2D eigenvalue weighted by Gasteiger charge is -2.11. The molecule has 0 bridgehead atoms. The second kappa shape index (κ2) is 8.02. The Morgan fingerprint density at radius 3 is 2.48 bits per heavy atom. The fourth-order valence-electron chi connectivity index (χ4n) is 2.81. The van der Waals surface area contributed by atoms with Crippen molar-refractivity contribution >= 4 is 16.0 Å². The van der Waals surface area contributed by atoms with Gasteiger partial charge < -0.3 is 14.4 Å². The monoisotopic (exact) mass is 420 g/mol. The molecule has 1 aromatic heterocycles. The molecule has 0 saturated carbocycles. The van der Waals surface area contributed by atoms with Crippen LogP contribution in [-0.4, -0.2) is 31.8 Å². The average Bonchev–Trinajstić information content (AvgIpc) is 3.14. The molecule has 29 heavy (non-hydrogen) atoms. The van der Waals surface area contributed by atoms with E-state index in [4.69, 9.17) is 14.4 Å². The number of primary sulfonamides is 1. The molecule has 0 aliphatic heterocycles. The molecule has 2 aromatic carbocycles. The van der Waals surface area contributed by atoms with Crippen LogP contribution < -0.4 is 9.88 Å². The molecular weight excluding hydrogens is 403 g/mol. The van der Waals surface area contributed by atoms with Crippen molar-refractivity contribution in [2.45, 2.75) is 17.2 Å². The van der Waals surface area contributed by atoms with Crippen molar-refractivity contribution in [1.29, 1.82) is 0 Å². The summed E-state index contributed by atoms with van der Waals surface area (Å²) in [6.07, 6.45) is -0.0321. The number of halogens is 1. The van der Waals surface area contributed by atoms with Crippen LogP contribution in [0.1, 0.15) is 17.2 Å². The van der Waals surface area contributed by atoms with Gasteiger partial charge in [0.15, 0.2) is 11.6 Å². The Balaban J connectivity index is 1.84. The van der Waals surface area contributed by atoms with E-state index in [1.54, 1.807) is 6.07 Å². The Kier molecular flexibility index (Phi) is 5.66. The van der Waals surface area contributed by atoms with Crippen molar-refractivity contribution < 1.29 is 32.0 Å². The van der Waals surface area contributed by atoms with Crippen molar-refractivity contribution in [1.82, 2.24) is 5.16 Å². The number of carboxylic acids is 1. The zero-order valence-corrected chi connectivity index (χ0v) is 16.0. The van der Waals surface area contributed by atoms with Gasteiger partial charge in [-0.15, -0.1) is 0 Å². The molecule has 3 aromatic rings. The number of methoxy groups -OCH3 is 1. The van der Waals surface area contributed by atoms with Gasteiger partial charge in [0.1, 0.15) is 11.5 Å². The maximum Gasteiger partial charge on any atom is 0.311 e. The van der Waals surface area contributed by atoms with E-state index in [0.717, 1.165) is 0 Å². The van der Waals surface area contributed by atoms with Gasteiger partial charge in [-0.2, -0.15) is 0 Å². The third-order valence-corrected chi connectivity index (χ3v) is 5.25. The lowest BCUT2D eigenvalue weighted by Crippen LogP contribution is -2.15. The highest BCUT2D eigenvalue weighted by Crippen LogP contribution is 2.28. The summed E-state index contributed by atoms with van der Waals surface area (Å²) >= 11 is 0. The summed E-state index contributed by atoms with van der Waals surface area (Å²) < 4.78 is 46.7. The SMILES string of the molecule is COc1ccc(-c2cc(CC(C(=O)O)c3ccc(S(N)(=O)=O)cc3)on2)cc1F. The van der Waals surface area contributed by atoms with E-state index in [1.807, 2.05) is 0 Å². The van der Waals surface area contributed by atoms with Crippen molar-refractivity contribution in [3.05, 3.63) is 65.7 Å². The van der Waals surface area contributed by atoms with E-state index in [9.17, 15) is 22.7 Å². The number of ether oxygens (including phenoxy) is 1. The minimum Gasteiger partial charge on any atom is -0.494 e. The van der Waals surface area contributed by atoms with Gasteiger partial charge in [0.05, 0.1) is 17.9 Å². The predicted molar refractivity (Wildman–Crippen MR) is 100 cm³/mol. The van der Waals surface area contributed by atoms with Crippen molar-refractivity contribution in [3.63, 3.8) is 0 Å². The van der Waals surface area contributed by atoms with Gasteiger partial charge in [0.2, 0.25) is 10.0 Å². The first-order valence-electron chi connectivity index (χ1n) is 8.34. The van der Waals surface area contributed by atoms with Gasteiger partial charge in [-0.3, -0.25) is 4.79 Å². The van der Waals surface area contributed by atoms with E-state index in [0.29, 0.717) is 16.8 Å². The first-order chi connectivity index (χ1) is 13.7. The van der Waals surface area contributed by atoms with Gasteiger partial charge in [-0.1, -0.05) is 17.3 Å². The summed E-state index contributed by atoms with van der Waals surface area (Å²) in [5.41, 5.74) is 1.16. The first-order valence-corrected chi connectivity index (χ1v) is 9.88.